The zero-order chi connectivity index (χ0) is 24.4. The van der Waals surface area contributed by atoms with Crippen LogP contribution in [-0.4, -0.2) is 63.6 Å². The predicted octanol–water partition coefficient (Wildman–Crippen LogP) is 3.69. The van der Waals surface area contributed by atoms with Crippen LogP contribution >= 0.6 is 0 Å². The fourth-order valence-electron chi connectivity index (χ4n) is 4.31. The molecule has 1 aliphatic heterocycles. The quantitative estimate of drug-likeness (QED) is 0.329. The van der Waals surface area contributed by atoms with Gasteiger partial charge in [-0.15, -0.1) is 0 Å². The first kappa shape index (κ1) is 23.4. The minimum absolute atomic E-state index is 0.0591. The average molecular weight is 463 g/mol. The molecule has 1 aliphatic rings. The molecule has 2 heterocycles. The zero-order valence-electron chi connectivity index (χ0n) is 19.4. The highest BCUT2D eigenvalue weighted by Crippen LogP contribution is 2.40. The van der Waals surface area contributed by atoms with Gasteiger partial charge in [-0.1, -0.05) is 30.3 Å². The van der Waals surface area contributed by atoms with Crippen LogP contribution < -0.4 is 0 Å². The second-order valence-electron chi connectivity index (χ2n) is 8.60. The molecule has 1 fully saturated rings. The molecule has 0 bridgehead atoms. The molecule has 0 aliphatic carbocycles. The summed E-state index contributed by atoms with van der Waals surface area (Å²) in [7, 11) is 3.84. The van der Waals surface area contributed by atoms with Crippen molar-refractivity contribution in [3.05, 3.63) is 89.0 Å². The number of hydrogen-bond donors (Lipinski definition) is 1. The summed E-state index contributed by atoms with van der Waals surface area (Å²) in [5, 5.41) is 15.7. The number of ketones is 1. The number of rotatable bonds is 7. The Hall–Kier alpha value is -3.78. The minimum Gasteiger partial charge on any atom is -0.507 e. The molecular weight excluding hydrogens is 435 g/mol. The highest BCUT2D eigenvalue weighted by molar-refractivity contribution is 6.46. The fourth-order valence-corrected chi connectivity index (χ4v) is 4.31. The molecule has 0 spiro atoms. The highest BCUT2D eigenvalue weighted by Gasteiger charge is 2.46. The van der Waals surface area contributed by atoms with Gasteiger partial charge in [0.25, 0.3) is 11.7 Å². The molecule has 0 radical (unpaired) electrons. The number of nitrogens with zero attached hydrogens (tertiary/aromatic N) is 4. The van der Waals surface area contributed by atoms with E-state index < -0.39 is 23.5 Å². The number of likely N-dealkylation sites (tertiary alicyclic amines) is 1. The molecule has 1 saturated heterocycles. The number of aliphatic hydroxyl groups excluding tert-OH is 1. The largest absolute Gasteiger partial charge is 0.507 e. The molecule has 176 valence electrons. The number of carbonyl (C=O) groups is 2. The van der Waals surface area contributed by atoms with Gasteiger partial charge in [0.2, 0.25) is 0 Å². The fraction of sp³-hybridized carbons (Fsp3) is 0.269. The molecule has 2 aromatic carbocycles. The lowest BCUT2D eigenvalue weighted by atomic mass is 9.95. The molecule has 8 heteroatoms. The normalized spacial score (nSPS) is 17.7. The SMILES string of the molecule is Cc1c(/C(O)=C2\C(=O)C(=O)N(CCCN(C)C)C2c2cccc(F)c2)cnn1-c1ccccc1. The van der Waals surface area contributed by atoms with E-state index >= 15 is 0 Å². The van der Waals surface area contributed by atoms with Gasteiger partial charge in [0.1, 0.15) is 11.6 Å². The minimum atomic E-state index is -0.891. The summed E-state index contributed by atoms with van der Waals surface area (Å²) in [6.07, 6.45) is 2.09. The van der Waals surface area contributed by atoms with Crippen molar-refractivity contribution in [3.63, 3.8) is 0 Å². The van der Waals surface area contributed by atoms with Gasteiger partial charge >= 0.3 is 0 Å². The predicted molar refractivity (Wildman–Crippen MR) is 127 cm³/mol. The molecule has 0 saturated carbocycles. The van der Waals surface area contributed by atoms with Crippen molar-refractivity contribution >= 4 is 17.4 Å². The summed E-state index contributed by atoms with van der Waals surface area (Å²) >= 11 is 0. The van der Waals surface area contributed by atoms with Crippen molar-refractivity contribution in [1.82, 2.24) is 19.6 Å². The van der Waals surface area contributed by atoms with E-state index in [0.29, 0.717) is 36.3 Å². The molecule has 1 aromatic heterocycles. The lowest BCUT2D eigenvalue weighted by Gasteiger charge is -2.26. The van der Waals surface area contributed by atoms with E-state index in [1.54, 1.807) is 17.7 Å². The van der Waals surface area contributed by atoms with Crippen molar-refractivity contribution in [2.75, 3.05) is 27.2 Å². The lowest BCUT2D eigenvalue weighted by Crippen LogP contribution is -2.32. The Morgan fingerprint density at radius 3 is 2.53 bits per heavy atom. The first-order valence-corrected chi connectivity index (χ1v) is 11.1. The van der Waals surface area contributed by atoms with Gasteiger partial charge in [0.15, 0.2) is 0 Å². The monoisotopic (exact) mass is 462 g/mol. The maximum Gasteiger partial charge on any atom is 0.295 e. The van der Waals surface area contributed by atoms with Crippen molar-refractivity contribution in [2.24, 2.45) is 0 Å². The third-order valence-electron chi connectivity index (χ3n) is 5.97. The van der Waals surface area contributed by atoms with E-state index in [1.165, 1.54) is 29.3 Å². The molecule has 4 rings (SSSR count). The van der Waals surface area contributed by atoms with Crippen LogP contribution in [0.1, 0.15) is 29.3 Å². The van der Waals surface area contributed by atoms with Gasteiger partial charge in [0.05, 0.1) is 34.8 Å². The number of halogens is 1. The molecule has 1 atom stereocenters. The van der Waals surface area contributed by atoms with E-state index in [2.05, 4.69) is 5.10 Å². The van der Waals surface area contributed by atoms with Crippen molar-refractivity contribution < 1.29 is 19.1 Å². The van der Waals surface area contributed by atoms with Crippen LogP contribution in [0.25, 0.3) is 11.4 Å². The third-order valence-corrected chi connectivity index (χ3v) is 5.97. The highest BCUT2D eigenvalue weighted by atomic mass is 19.1. The van der Waals surface area contributed by atoms with Crippen LogP contribution in [-0.2, 0) is 9.59 Å². The van der Waals surface area contributed by atoms with Crippen LogP contribution in [0.15, 0.2) is 66.4 Å². The van der Waals surface area contributed by atoms with E-state index in [9.17, 15) is 19.1 Å². The maximum absolute atomic E-state index is 14.1. The third kappa shape index (κ3) is 4.36. The number of benzene rings is 2. The van der Waals surface area contributed by atoms with Crippen molar-refractivity contribution in [2.45, 2.75) is 19.4 Å². The van der Waals surface area contributed by atoms with Crippen LogP contribution in [0.2, 0.25) is 0 Å². The number of aliphatic hydroxyl groups is 1. The van der Waals surface area contributed by atoms with E-state index in [-0.39, 0.29) is 11.3 Å². The maximum atomic E-state index is 14.1. The zero-order valence-corrected chi connectivity index (χ0v) is 19.4. The van der Waals surface area contributed by atoms with E-state index in [1.807, 2.05) is 49.3 Å². The Balaban J connectivity index is 1.81. The van der Waals surface area contributed by atoms with Crippen LogP contribution in [0, 0.1) is 12.7 Å². The number of aromatic nitrogens is 2. The summed E-state index contributed by atoms with van der Waals surface area (Å²) in [4.78, 5) is 29.6. The smallest absolute Gasteiger partial charge is 0.295 e. The number of amides is 1. The number of carbonyl (C=O) groups excluding carboxylic acids is 2. The summed E-state index contributed by atoms with van der Waals surface area (Å²) in [6.45, 7) is 2.78. The van der Waals surface area contributed by atoms with Crippen LogP contribution in [0.4, 0.5) is 4.39 Å². The van der Waals surface area contributed by atoms with Crippen LogP contribution in [0.3, 0.4) is 0 Å². The summed E-state index contributed by atoms with van der Waals surface area (Å²) < 4.78 is 15.8. The second kappa shape index (κ2) is 9.61. The average Bonchev–Trinajstić information content (AvgIpc) is 3.32. The summed E-state index contributed by atoms with van der Waals surface area (Å²) in [5.74, 6) is -2.29. The molecule has 7 nitrogen and oxygen atoms in total. The standard InChI is InChI=1S/C26H27FN4O3/c1-17-21(16-28-31(17)20-11-5-4-6-12-20)24(32)22-23(18-9-7-10-19(27)15-18)30(26(34)25(22)33)14-8-13-29(2)3/h4-7,9-12,15-16,23,32H,8,13-14H2,1-3H3/b24-22+. The molecular formula is C26H27FN4O3. The van der Waals surface area contributed by atoms with Crippen LogP contribution in [0.5, 0.6) is 0 Å². The van der Waals surface area contributed by atoms with Gasteiger partial charge in [-0.3, -0.25) is 9.59 Å². The molecule has 1 amide bonds. The van der Waals surface area contributed by atoms with Crippen molar-refractivity contribution in [1.29, 1.82) is 0 Å². The Morgan fingerprint density at radius 2 is 1.85 bits per heavy atom. The van der Waals surface area contributed by atoms with E-state index in [0.717, 1.165) is 5.69 Å². The molecule has 1 N–H and O–H groups in total. The first-order chi connectivity index (χ1) is 16.3. The van der Waals surface area contributed by atoms with Gasteiger partial charge in [-0.2, -0.15) is 5.10 Å². The molecule has 1 unspecified atom stereocenters. The number of Topliss-reactive ketones (excluding diaryl/α,β-unsaturated/α-hetero) is 1. The van der Waals surface area contributed by atoms with Crippen molar-refractivity contribution in [3.8, 4) is 5.69 Å². The van der Waals surface area contributed by atoms with Gasteiger partial charge < -0.3 is 14.9 Å². The summed E-state index contributed by atoms with van der Waals surface area (Å²) in [6, 6.07) is 14.3. The van der Waals surface area contributed by atoms with E-state index in [4.69, 9.17) is 0 Å². The lowest BCUT2D eigenvalue weighted by molar-refractivity contribution is -0.139. The molecule has 34 heavy (non-hydrogen) atoms. The molecule has 3 aromatic rings. The topological polar surface area (TPSA) is 78.7 Å². The van der Waals surface area contributed by atoms with Gasteiger partial charge in [-0.25, -0.2) is 9.07 Å². The number of para-hydroxylation sites is 1. The Morgan fingerprint density at radius 1 is 1.12 bits per heavy atom. The number of hydrogen-bond acceptors (Lipinski definition) is 5. The van der Waals surface area contributed by atoms with Gasteiger partial charge in [-0.05, 0) is 63.8 Å². The van der Waals surface area contributed by atoms with Gasteiger partial charge in [0, 0.05) is 6.54 Å². The summed E-state index contributed by atoms with van der Waals surface area (Å²) in [5.41, 5.74) is 2.12. The Bertz CT molecular complexity index is 1250. The second-order valence-corrected chi connectivity index (χ2v) is 8.60. The Labute approximate surface area is 197 Å². The Kier molecular flexibility index (Phi) is 6.61. The first-order valence-electron chi connectivity index (χ1n) is 11.1.